The number of ether oxygens (including phenoxy) is 1. The SMILES string of the molecule is COc1ccccc1CCNC(=O)c1ccc2oc(=O)n(C)c2c1. The molecule has 124 valence electrons. The molecule has 3 rings (SSSR count). The summed E-state index contributed by atoms with van der Waals surface area (Å²) < 4.78 is 11.7. The fourth-order valence-electron chi connectivity index (χ4n) is 2.59. The summed E-state index contributed by atoms with van der Waals surface area (Å²) in [5.41, 5.74) is 2.58. The number of carbonyl (C=O) groups excluding carboxylic acids is 1. The van der Waals surface area contributed by atoms with Gasteiger partial charge in [0.2, 0.25) is 0 Å². The lowest BCUT2D eigenvalue weighted by molar-refractivity contribution is 0.0954. The van der Waals surface area contributed by atoms with Crippen molar-refractivity contribution in [3.05, 3.63) is 64.1 Å². The molecule has 0 bridgehead atoms. The molecule has 6 heteroatoms. The van der Waals surface area contributed by atoms with E-state index in [-0.39, 0.29) is 5.91 Å². The lowest BCUT2D eigenvalue weighted by Gasteiger charge is -2.09. The Labute approximate surface area is 138 Å². The zero-order valence-electron chi connectivity index (χ0n) is 13.5. The molecule has 0 aliphatic carbocycles. The van der Waals surface area contributed by atoms with Gasteiger partial charge in [-0.1, -0.05) is 18.2 Å². The van der Waals surface area contributed by atoms with Gasteiger partial charge < -0.3 is 14.5 Å². The monoisotopic (exact) mass is 326 g/mol. The van der Waals surface area contributed by atoms with E-state index >= 15 is 0 Å². The molecule has 0 saturated carbocycles. The van der Waals surface area contributed by atoms with Crippen LogP contribution in [0.15, 0.2) is 51.7 Å². The standard InChI is InChI=1S/C18H18N2O4/c1-20-14-11-13(7-8-16(14)24-18(20)22)17(21)19-10-9-12-5-3-4-6-15(12)23-2/h3-8,11H,9-10H2,1-2H3,(H,19,21). The van der Waals surface area contributed by atoms with Gasteiger partial charge in [0.1, 0.15) is 5.75 Å². The Bertz CT molecular complexity index is 940. The minimum atomic E-state index is -0.446. The minimum absolute atomic E-state index is 0.194. The first-order valence-electron chi connectivity index (χ1n) is 7.60. The van der Waals surface area contributed by atoms with Gasteiger partial charge in [0.05, 0.1) is 12.6 Å². The molecule has 0 fully saturated rings. The van der Waals surface area contributed by atoms with Gasteiger partial charge in [0, 0.05) is 19.2 Å². The number of fused-ring (bicyclic) bond motifs is 1. The average molecular weight is 326 g/mol. The lowest BCUT2D eigenvalue weighted by atomic mass is 10.1. The molecule has 1 N–H and O–H groups in total. The number of hydrogen-bond donors (Lipinski definition) is 1. The normalized spacial score (nSPS) is 10.8. The fourth-order valence-corrected chi connectivity index (χ4v) is 2.59. The first-order valence-corrected chi connectivity index (χ1v) is 7.60. The van der Waals surface area contributed by atoms with Gasteiger partial charge >= 0.3 is 5.76 Å². The highest BCUT2D eigenvalue weighted by Gasteiger charge is 2.11. The second-order valence-electron chi connectivity index (χ2n) is 5.43. The van der Waals surface area contributed by atoms with Crippen molar-refractivity contribution in [2.24, 2.45) is 7.05 Å². The molecular weight excluding hydrogens is 308 g/mol. The third kappa shape index (κ3) is 3.03. The van der Waals surface area contributed by atoms with Crippen LogP contribution in [0, 0.1) is 0 Å². The smallest absolute Gasteiger partial charge is 0.419 e. The van der Waals surface area contributed by atoms with Crippen LogP contribution in [0.1, 0.15) is 15.9 Å². The van der Waals surface area contributed by atoms with Crippen molar-refractivity contribution in [3.8, 4) is 5.75 Å². The first-order chi connectivity index (χ1) is 11.6. The van der Waals surface area contributed by atoms with Crippen LogP contribution in [-0.4, -0.2) is 24.1 Å². The topological polar surface area (TPSA) is 73.5 Å². The Morgan fingerprint density at radius 1 is 1.25 bits per heavy atom. The summed E-state index contributed by atoms with van der Waals surface area (Å²) in [4.78, 5) is 23.8. The van der Waals surface area contributed by atoms with Crippen molar-refractivity contribution in [1.82, 2.24) is 9.88 Å². The zero-order chi connectivity index (χ0) is 17.1. The van der Waals surface area contributed by atoms with Gasteiger partial charge in [-0.2, -0.15) is 0 Å². The Kier molecular flexibility index (Phi) is 4.37. The molecule has 24 heavy (non-hydrogen) atoms. The molecule has 1 heterocycles. The van der Waals surface area contributed by atoms with E-state index in [0.29, 0.717) is 29.6 Å². The third-order valence-corrected chi connectivity index (χ3v) is 3.93. The van der Waals surface area contributed by atoms with Gasteiger partial charge in [-0.3, -0.25) is 9.36 Å². The van der Waals surface area contributed by atoms with Gasteiger partial charge in [-0.25, -0.2) is 4.79 Å². The number of aromatic nitrogens is 1. The van der Waals surface area contributed by atoms with Crippen LogP contribution in [0.4, 0.5) is 0 Å². The third-order valence-electron chi connectivity index (χ3n) is 3.93. The van der Waals surface area contributed by atoms with E-state index in [1.165, 1.54) is 4.57 Å². The summed E-state index contributed by atoms with van der Waals surface area (Å²) in [6.45, 7) is 0.488. The van der Waals surface area contributed by atoms with Crippen molar-refractivity contribution in [1.29, 1.82) is 0 Å². The van der Waals surface area contributed by atoms with Gasteiger partial charge in [0.15, 0.2) is 5.58 Å². The molecule has 0 radical (unpaired) electrons. The summed E-state index contributed by atoms with van der Waals surface area (Å²) in [5.74, 6) is 0.167. The quantitative estimate of drug-likeness (QED) is 0.779. The highest BCUT2D eigenvalue weighted by Crippen LogP contribution is 2.17. The minimum Gasteiger partial charge on any atom is -0.496 e. The largest absolute Gasteiger partial charge is 0.496 e. The number of hydrogen-bond acceptors (Lipinski definition) is 4. The van der Waals surface area contributed by atoms with Gasteiger partial charge in [-0.05, 0) is 36.2 Å². The molecule has 2 aromatic carbocycles. The number of methoxy groups -OCH3 is 1. The summed E-state index contributed by atoms with van der Waals surface area (Å²) in [5, 5.41) is 2.88. The Balaban J connectivity index is 1.69. The molecule has 0 aliphatic heterocycles. The van der Waals surface area contributed by atoms with Crippen molar-refractivity contribution in [2.45, 2.75) is 6.42 Å². The number of para-hydroxylation sites is 1. The zero-order valence-corrected chi connectivity index (χ0v) is 13.5. The van der Waals surface area contributed by atoms with Crippen LogP contribution < -0.4 is 15.8 Å². The van der Waals surface area contributed by atoms with E-state index in [9.17, 15) is 9.59 Å². The average Bonchev–Trinajstić information content (AvgIpc) is 2.89. The second kappa shape index (κ2) is 6.62. The molecule has 0 atom stereocenters. The Hall–Kier alpha value is -3.02. The van der Waals surface area contributed by atoms with Crippen molar-refractivity contribution >= 4 is 17.0 Å². The molecule has 3 aromatic rings. The summed E-state index contributed by atoms with van der Waals surface area (Å²) >= 11 is 0. The maximum atomic E-state index is 12.3. The number of nitrogens with one attached hydrogen (secondary N) is 1. The maximum absolute atomic E-state index is 12.3. The molecule has 0 unspecified atom stereocenters. The van der Waals surface area contributed by atoms with Crippen LogP contribution in [0.2, 0.25) is 0 Å². The number of aryl methyl sites for hydroxylation is 1. The fraction of sp³-hybridized carbons (Fsp3) is 0.222. The number of nitrogens with zero attached hydrogens (tertiary/aromatic N) is 1. The van der Waals surface area contributed by atoms with E-state index in [1.54, 1.807) is 32.4 Å². The van der Waals surface area contributed by atoms with E-state index in [0.717, 1.165) is 11.3 Å². The van der Waals surface area contributed by atoms with Crippen molar-refractivity contribution in [3.63, 3.8) is 0 Å². The molecule has 0 aliphatic rings. The molecule has 1 aromatic heterocycles. The molecule has 0 saturated heterocycles. The Morgan fingerprint density at radius 3 is 2.83 bits per heavy atom. The molecule has 6 nitrogen and oxygen atoms in total. The molecular formula is C18H18N2O4. The van der Waals surface area contributed by atoms with E-state index in [4.69, 9.17) is 9.15 Å². The van der Waals surface area contributed by atoms with Gasteiger partial charge in [-0.15, -0.1) is 0 Å². The van der Waals surface area contributed by atoms with Crippen LogP contribution in [0.5, 0.6) is 5.75 Å². The number of amides is 1. The highest BCUT2D eigenvalue weighted by atomic mass is 16.5. The predicted octanol–water partition coefficient (Wildman–Crippen LogP) is 2.11. The van der Waals surface area contributed by atoms with Crippen molar-refractivity contribution in [2.75, 3.05) is 13.7 Å². The first kappa shape index (κ1) is 15.9. The van der Waals surface area contributed by atoms with Crippen LogP contribution in [-0.2, 0) is 13.5 Å². The molecule has 1 amide bonds. The van der Waals surface area contributed by atoms with Gasteiger partial charge in [0.25, 0.3) is 5.91 Å². The Morgan fingerprint density at radius 2 is 2.04 bits per heavy atom. The lowest BCUT2D eigenvalue weighted by Crippen LogP contribution is -2.25. The van der Waals surface area contributed by atoms with Crippen molar-refractivity contribution < 1.29 is 13.9 Å². The van der Waals surface area contributed by atoms with E-state index in [2.05, 4.69) is 5.32 Å². The summed E-state index contributed by atoms with van der Waals surface area (Å²) in [6.07, 6.45) is 0.669. The van der Waals surface area contributed by atoms with E-state index < -0.39 is 5.76 Å². The van der Waals surface area contributed by atoms with Crippen LogP contribution in [0.25, 0.3) is 11.1 Å². The second-order valence-corrected chi connectivity index (χ2v) is 5.43. The highest BCUT2D eigenvalue weighted by molar-refractivity contribution is 5.97. The number of benzene rings is 2. The summed E-state index contributed by atoms with van der Waals surface area (Å²) in [6, 6.07) is 12.6. The van der Waals surface area contributed by atoms with Crippen LogP contribution >= 0.6 is 0 Å². The number of carbonyl (C=O) groups is 1. The van der Waals surface area contributed by atoms with E-state index in [1.807, 2.05) is 24.3 Å². The predicted molar refractivity (Wildman–Crippen MR) is 90.5 cm³/mol. The number of rotatable bonds is 5. The van der Waals surface area contributed by atoms with Crippen LogP contribution in [0.3, 0.4) is 0 Å². The number of oxazole rings is 1. The maximum Gasteiger partial charge on any atom is 0.419 e. The summed E-state index contributed by atoms with van der Waals surface area (Å²) in [7, 11) is 3.24. The molecule has 0 spiro atoms.